The normalized spacial score (nSPS) is 19.7. The Hall–Kier alpha value is -0.910. The van der Waals surface area contributed by atoms with Crippen molar-refractivity contribution >= 4 is 23.0 Å². The molecule has 0 aromatic carbocycles. The summed E-state index contributed by atoms with van der Waals surface area (Å²) in [5, 5.41) is 7.52. The molecule has 0 fully saturated rings. The van der Waals surface area contributed by atoms with Crippen molar-refractivity contribution < 1.29 is 4.79 Å². The molecule has 1 rings (SSSR count). The van der Waals surface area contributed by atoms with Gasteiger partial charge in [0.15, 0.2) is 5.17 Å². The van der Waals surface area contributed by atoms with Crippen LogP contribution >= 0.6 is 11.8 Å². The number of rotatable bonds is 3. The molecule has 0 saturated carbocycles. The molecule has 0 spiro atoms. The predicted molar refractivity (Wildman–Crippen MR) is 64.4 cm³/mol. The van der Waals surface area contributed by atoms with E-state index in [1.807, 2.05) is 0 Å². The fourth-order valence-corrected chi connectivity index (χ4v) is 1.94. The summed E-state index contributed by atoms with van der Waals surface area (Å²) in [7, 11) is 3.45. The van der Waals surface area contributed by atoms with Crippen LogP contribution in [-0.4, -0.2) is 55.1 Å². The van der Waals surface area contributed by atoms with Crippen LogP contribution in [0.4, 0.5) is 4.79 Å². The third-order valence-electron chi connectivity index (χ3n) is 1.89. The molecule has 2 N–H and O–H groups in total. The zero-order valence-corrected chi connectivity index (χ0v) is 10.2. The number of thioether (sulfide) groups is 1. The fourth-order valence-electron chi connectivity index (χ4n) is 1.07. The number of urea groups is 1. The average Bonchev–Trinajstić information content (AvgIpc) is 2.58. The Morgan fingerprint density at radius 1 is 1.60 bits per heavy atom. The van der Waals surface area contributed by atoms with Gasteiger partial charge in [-0.05, 0) is 0 Å². The Morgan fingerprint density at radius 3 is 2.87 bits per heavy atom. The van der Waals surface area contributed by atoms with E-state index in [0.717, 1.165) is 18.3 Å². The van der Waals surface area contributed by atoms with E-state index < -0.39 is 0 Å². The molecular formula is C9H18N4OS. The quantitative estimate of drug-likeness (QED) is 0.687. The van der Waals surface area contributed by atoms with Crippen molar-refractivity contribution in [2.75, 3.05) is 33.7 Å². The van der Waals surface area contributed by atoms with Gasteiger partial charge < -0.3 is 15.5 Å². The molecule has 2 amide bonds. The van der Waals surface area contributed by atoms with E-state index in [1.54, 1.807) is 25.9 Å². The van der Waals surface area contributed by atoms with Crippen molar-refractivity contribution in [1.29, 1.82) is 0 Å². The van der Waals surface area contributed by atoms with Crippen LogP contribution in [0.15, 0.2) is 4.99 Å². The maximum absolute atomic E-state index is 11.1. The molecular weight excluding hydrogens is 212 g/mol. The lowest BCUT2D eigenvalue weighted by Crippen LogP contribution is -2.39. The van der Waals surface area contributed by atoms with E-state index in [4.69, 9.17) is 0 Å². The Balaban J connectivity index is 2.05. The SMILES string of the molecule is CC1CN=C(NCCNC(=O)N(C)C)S1. The first-order chi connectivity index (χ1) is 7.09. The minimum absolute atomic E-state index is 0.0637. The number of hydrogen-bond donors (Lipinski definition) is 2. The van der Waals surface area contributed by atoms with Crippen molar-refractivity contribution in [3.63, 3.8) is 0 Å². The second-order valence-electron chi connectivity index (χ2n) is 3.63. The topological polar surface area (TPSA) is 56.7 Å². The molecule has 0 aliphatic carbocycles. The third kappa shape index (κ3) is 4.42. The van der Waals surface area contributed by atoms with Gasteiger partial charge in [0.05, 0.1) is 6.54 Å². The van der Waals surface area contributed by atoms with Crippen LogP contribution in [0, 0.1) is 0 Å². The standard InChI is InChI=1S/C9H18N4OS/c1-7-6-12-8(15-7)10-4-5-11-9(14)13(2)3/h7H,4-6H2,1-3H3,(H,10,12)(H,11,14). The van der Waals surface area contributed by atoms with Gasteiger partial charge in [0.2, 0.25) is 0 Å². The van der Waals surface area contributed by atoms with E-state index in [1.165, 1.54) is 4.90 Å². The first kappa shape index (κ1) is 12.2. The zero-order valence-electron chi connectivity index (χ0n) is 9.41. The second-order valence-corrected chi connectivity index (χ2v) is 5.05. The van der Waals surface area contributed by atoms with Gasteiger partial charge in [-0.25, -0.2) is 4.79 Å². The number of hydrogen-bond acceptors (Lipinski definition) is 4. The van der Waals surface area contributed by atoms with Crippen LogP contribution in [0.3, 0.4) is 0 Å². The Kier molecular flexibility index (Phi) is 4.74. The van der Waals surface area contributed by atoms with E-state index in [2.05, 4.69) is 22.5 Å². The minimum atomic E-state index is -0.0637. The molecule has 0 saturated heterocycles. The average molecular weight is 230 g/mol. The van der Waals surface area contributed by atoms with E-state index >= 15 is 0 Å². The van der Waals surface area contributed by atoms with Crippen LogP contribution in [0.25, 0.3) is 0 Å². The molecule has 0 bridgehead atoms. The van der Waals surface area contributed by atoms with Gasteiger partial charge >= 0.3 is 6.03 Å². The summed E-state index contributed by atoms with van der Waals surface area (Å²) in [5.74, 6) is 0. The first-order valence-corrected chi connectivity index (χ1v) is 5.87. The molecule has 0 radical (unpaired) electrons. The lowest BCUT2D eigenvalue weighted by Gasteiger charge is -2.12. The fraction of sp³-hybridized carbons (Fsp3) is 0.778. The lowest BCUT2D eigenvalue weighted by molar-refractivity contribution is 0.217. The second kappa shape index (κ2) is 5.85. The first-order valence-electron chi connectivity index (χ1n) is 4.99. The van der Waals surface area contributed by atoms with E-state index in [0.29, 0.717) is 11.8 Å². The van der Waals surface area contributed by atoms with Crippen molar-refractivity contribution in [3.05, 3.63) is 0 Å². The van der Waals surface area contributed by atoms with Crippen LogP contribution < -0.4 is 10.6 Å². The highest BCUT2D eigenvalue weighted by Gasteiger charge is 2.13. The summed E-state index contributed by atoms with van der Waals surface area (Å²) in [6.07, 6.45) is 0. The molecule has 1 aliphatic heterocycles. The number of carbonyl (C=O) groups is 1. The monoisotopic (exact) mass is 230 g/mol. The van der Waals surface area contributed by atoms with Gasteiger partial charge in [-0.3, -0.25) is 4.99 Å². The van der Waals surface area contributed by atoms with Gasteiger partial charge in [-0.15, -0.1) is 0 Å². The molecule has 5 nitrogen and oxygen atoms in total. The van der Waals surface area contributed by atoms with Gasteiger partial charge in [-0.1, -0.05) is 18.7 Å². The van der Waals surface area contributed by atoms with E-state index in [-0.39, 0.29) is 6.03 Å². The summed E-state index contributed by atoms with van der Waals surface area (Å²) in [4.78, 5) is 17.0. The van der Waals surface area contributed by atoms with Gasteiger partial charge in [0.1, 0.15) is 0 Å². The molecule has 15 heavy (non-hydrogen) atoms. The van der Waals surface area contributed by atoms with Crippen molar-refractivity contribution in [3.8, 4) is 0 Å². The lowest BCUT2D eigenvalue weighted by atomic mass is 10.5. The van der Waals surface area contributed by atoms with Gasteiger partial charge in [0.25, 0.3) is 0 Å². The summed E-state index contributed by atoms with van der Waals surface area (Å²) >= 11 is 1.75. The predicted octanol–water partition coefficient (Wildman–Crippen LogP) is 0.338. The van der Waals surface area contributed by atoms with Crippen molar-refractivity contribution in [2.45, 2.75) is 12.2 Å². The molecule has 6 heteroatoms. The Morgan fingerprint density at radius 2 is 2.33 bits per heavy atom. The Bertz CT molecular complexity index is 254. The Labute approximate surface area is 94.7 Å². The summed E-state index contributed by atoms with van der Waals surface area (Å²) in [6, 6.07) is -0.0637. The zero-order chi connectivity index (χ0) is 11.3. The third-order valence-corrected chi connectivity index (χ3v) is 2.94. The van der Waals surface area contributed by atoms with Crippen molar-refractivity contribution in [1.82, 2.24) is 15.5 Å². The van der Waals surface area contributed by atoms with Crippen LogP contribution in [0.2, 0.25) is 0 Å². The maximum Gasteiger partial charge on any atom is 0.316 e. The molecule has 1 atom stereocenters. The van der Waals surface area contributed by atoms with Crippen LogP contribution in [0.5, 0.6) is 0 Å². The molecule has 1 unspecified atom stereocenters. The number of amides is 2. The molecule has 1 heterocycles. The summed E-state index contributed by atoms with van der Waals surface area (Å²) in [5.41, 5.74) is 0. The smallest absolute Gasteiger partial charge is 0.316 e. The van der Waals surface area contributed by atoms with Crippen LogP contribution in [-0.2, 0) is 0 Å². The summed E-state index contributed by atoms with van der Waals surface area (Å²) in [6.45, 7) is 4.37. The van der Waals surface area contributed by atoms with E-state index in [9.17, 15) is 4.79 Å². The largest absolute Gasteiger partial charge is 0.363 e. The maximum atomic E-state index is 11.1. The number of nitrogens with zero attached hydrogens (tertiary/aromatic N) is 2. The van der Waals surface area contributed by atoms with Crippen molar-refractivity contribution in [2.24, 2.45) is 4.99 Å². The number of nitrogens with one attached hydrogen (secondary N) is 2. The van der Waals surface area contributed by atoms with Crippen LogP contribution in [0.1, 0.15) is 6.92 Å². The molecule has 1 aliphatic rings. The van der Waals surface area contributed by atoms with Gasteiger partial charge in [-0.2, -0.15) is 0 Å². The number of carbonyl (C=O) groups excluding carboxylic acids is 1. The minimum Gasteiger partial charge on any atom is -0.363 e. The molecule has 0 aromatic rings. The molecule has 86 valence electrons. The summed E-state index contributed by atoms with van der Waals surface area (Å²) < 4.78 is 0. The highest BCUT2D eigenvalue weighted by atomic mass is 32.2. The number of aliphatic imine (C=N–C) groups is 1. The highest BCUT2D eigenvalue weighted by molar-refractivity contribution is 8.14. The molecule has 0 aromatic heterocycles. The highest BCUT2D eigenvalue weighted by Crippen LogP contribution is 2.17. The number of amidine groups is 1. The van der Waals surface area contributed by atoms with Gasteiger partial charge in [0, 0.05) is 32.4 Å².